The number of fused-ring (bicyclic) bond motifs is 2. The lowest BCUT2D eigenvalue weighted by Gasteiger charge is -2.18. The monoisotopic (exact) mass is 345 g/mol. The Morgan fingerprint density at radius 3 is 1.52 bits per heavy atom. The van der Waals surface area contributed by atoms with Gasteiger partial charge in [0.25, 0.3) is 0 Å². The lowest BCUT2D eigenvalue weighted by Crippen LogP contribution is -1.94. The molecular formula is C26H19N. The largest absolute Gasteiger partial charge is 0.398 e. The standard InChI is InChI=1S/C26H19N/c27-23-17-9-16-22-24(18-10-3-1-4-11-18)20-14-7-8-15-21(20)25(26(22)23)19-12-5-2-6-13-19/h1-17H,27H2. The molecule has 27 heavy (non-hydrogen) atoms. The Bertz CT molecular complexity index is 1260. The second-order valence-corrected chi connectivity index (χ2v) is 6.80. The molecular weight excluding hydrogens is 326 g/mol. The Hall–Kier alpha value is -3.58. The van der Waals surface area contributed by atoms with E-state index in [9.17, 15) is 0 Å². The SMILES string of the molecule is Nc1cccc2c(-c3ccccc3)c3ccccc3c(-c3ccccc3)c12. The number of hydrogen-bond acceptors (Lipinski definition) is 1. The van der Waals surface area contributed by atoms with Crippen molar-refractivity contribution in [1.29, 1.82) is 0 Å². The van der Waals surface area contributed by atoms with Crippen LogP contribution in [0.1, 0.15) is 0 Å². The smallest absolute Gasteiger partial charge is 0.0400 e. The molecule has 0 saturated carbocycles. The number of rotatable bonds is 2. The fourth-order valence-corrected chi connectivity index (χ4v) is 4.08. The summed E-state index contributed by atoms with van der Waals surface area (Å²) in [5.74, 6) is 0. The third-order valence-corrected chi connectivity index (χ3v) is 5.21. The van der Waals surface area contributed by atoms with E-state index in [1.54, 1.807) is 0 Å². The highest BCUT2D eigenvalue weighted by atomic mass is 14.6. The minimum absolute atomic E-state index is 0.814. The van der Waals surface area contributed by atoms with Gasteiger partial charge in [-0.1, -0.05) is 97.1 Å². The molecule has 0 radical (unpaired) electrons. The van der Waals surface area contributed by atoms with Gasteiger partial charge in [0.05, 0.1) is 0 Å². The number of nitrogen functional groups attached to an aromatic ring is 1. The summed E-state index contributed by atoms with van der Waals surface area (Å²) in [6.07, 6.45) is 0. The topological polar surface area (TPSA) is 26.0 Å². The van der Waals surface area contributed by atoms with E-state index in [-0.39, 0.29) is 0 Å². The van der Waals surface area contributed by atoms with Crippen LogP contribution in [-0.4, -0.2) is 0 Å². The normalized spacial score (nSPS) is 11.1. The van der Waals surface area contributed by atoms with Gasteiger partial charge in [0.15, 0.2) is 0 Å². The van der Waals surface area contributed by atoms with E-state index in [1.807, 2.05) is 12.1 Å². The van der Waals surface area contributed by atoms with Crippen LogP contribution in [0, 0.1) is 0 Å². The van der Waals surface area contributed by atoms with Gasteiger partial charge in [0.1, 0.15) is 0 Å². The van der Waals surface area contributed by atoms with Crippen molar-refractivity contribution in [2.24, 2.45) is 0 Å². The summed E-state index contributed by atoms with van der Waals surface area (Å²) in [6.45, 7) is 0. The van der Waals surface area contributed by atoms with Crippen LogP contribution in [0.3, 0.4) is 0 Å². The molecule has 0 heterocycles. The van der Waals surface area contributed by atoms with E-state index < -0.39 is 0 Å². The summed E-state index contributed by atoms with van der Waals surface area (Å²) in [5, 5.41) is 4.80. The molecule has 5 rings (SSSR count). The summed E-state index contributed by atoms with van der Waals surface area (Å²) in [5.41, 5.74) is 12.2. The highest BCUT2D eigenvalue weighted by Crippen LogP contribution is 2.45. The van der Waals surface area contributed by atoms with Crippen molar-refractivity contribution in [3.8, 4) is 22.3 Å². The van der Waals surface area contributed by atoms with Crippen molar-refractivity contribution < 1.29 is 0 Å². The Labute approximate surface area is 158 Å². The number of anilines is 1. The van der Waals surface area contributed by atoms with E-state index in [0.29, 0.717) is 0 Å². The maximum absolute atomic E-state index is 6.53. The molecule has 0 amide bonds. The van der Waals surface area contributed by atoms with Crippen LogP contribution in [0.15, 0.2) is 103 Å². The maximum Gasteiger partial charge on any atom is 0.0400 e. The first-order valence-corrected chi connectivity index (χ1v) is 9.18. The van der Waals surface area contributed by atoms with Crippen molar-refractivity contribution in [3.05, 3.63) is 103 Å². The van der Waals surface area contributed by atoms with E-state index in [0.717, 1.165) is 11.1 Å². The van der Waals surface area contributed by atoms with Crippen LogP contribution in [0.25, 0.3) is 43.8 Å². The lowest BCUT2D eigenvalue weighted by molar-refractivity contribution is 1.65. The van der Waals surface area contributed by atoms with Crippen molar-refractivity contribution >= 4 is 27.2 Å². The third kappa shape index (κ3) is 2.48. The van der Waals surface area contributed by atoms with Gasteiger partial charge < -0.3 is 5.73 Å². The molecule has 2 N–H and O–H groups in total. The van der Waals surface area contributed by atoms with Crippen LogP contribution in [0.4, 0.5) is 5.69 Å². The molecule has 0 fully saturated rings. The average molecular weight is 345 g/mol. The Kier molecular flexibility index (Phi) is 3.65. The van der Waals surface area contributed by atoms with Gasteiger partial charge >= 0.3 is 0 Å². The molecule has 1 heteroatoms. The Morgan fingerprint density at radius 2 is 0.889 bits per heavy atom. The fourth-order valence-electron chi connectivity index (χ4n) is 4.08. The third-order valence-electron chi connectivity index (χ3n) is 5.21. The first kappa shape index (κ1) is 15.7. The molecule has 0 unspecified atom stereocenters. The Morgan fingerprint density at radius 1 is 0.407 bits per heavy atom. The summed E-state index contributed by atoms with van der Waals surface area (Å²) >= 11 is 0. The molecule has 0 aliphatic heterocycles. The second kappa shape index (κ2) is 6.30. The van der Waals surface area contributed by atoms with Crippen LogP contribution in [0.2, 0.25) is 0 Å². The van der Waals surface area contributed by atoms with Gasteiger partial charge in [0, 0.05) is 11.1 Å². The maximum atomic E-state index is 6.53. The quantitative estimate of drug-likeness (QED) is 0.273. The first-order chi connectivity index (χ1) is 13.3. The van der Waals surface area contributed by atoms with Gasteiger partial charge in [-0.3, -0.25) is 0 Å². The zero-order valence-electron chi connectivity index (χ0n) is 14.9. The fraction of sp³-hybridized carbons (Fsp3) is 0. The molecule has 128 valence electrons. The average Bonchev–Trinajstić information content (AvgIpc) is 2.73. The first-order valence-electron chi connectivity index (χ1n) is 9.18. The van der Waals surface area contributed by atoms with Gasteiger partial charge in [-0.05, 0) is 44.5 Å². The number of benzene rings is 5. The van der Waals surface area contributed by atoms with E-state index in [2.05, 4.69) is 91.0 Å². The van der Waals surface area contributed by atoms with Crippen LogP contribution in [-0.2, 0) is 0 Å². The molecule has 1 nitrogen and oxygen atoms in total. The predicted molar refractivity (Wildman–Crippen MR) is 117 cm³/mol. The van der Waals surface area contributed by atoms with E-state index in [4.69, 9.17) is 5.73 Å². The minimum atomic E-state index is 0.814. The van der Waals surface area contributed by atoms with E-state index >= 15 is 0 Å². The summed E-state index contributed by atoms with van der Waals surface area (Å²) in [4.78, 5) is 0. The minimum Gasteiger partial charge on any atom is -0.398 e. The molecule has 0 aromatic heterocycles. The summed E-state index contributed by atoms with van der Waals surface area (Å²) in [6, 6.07) is 36.0. The van der Waals surface area contributed by atoms with E-state index in [1.165, 1.54) is 38.4 Å². The van der Waals surface area contributed by atoms with Gasteiger partial charge in [-0.25, -0.2) is 0 Å². The van der Waals surface area contributed by atoms with Crippen molar-refractivity contribution in [3.63, 3.8) is 0 Å². The van der Waals surface area contributed by atoms with Crippen LogP contribution >= 0.6 is 0 Å². The second-order valence-electron chi connectivity index (χ2n) is 6.80. The molecule has 0 atom stereocenters. The number of hydrogen-bond donors (Lipinski definition) is 1. The molecule has 5 aromatic carbocycles. The molecule has 0 aliphatic carbocycles. The van der Waals surface area contributed by atoms with Crippen LogP contribution < -0.4 is 5.73 Å². The number of nitrogens with two attached hydrogens (primary N) is 1. The predicted octanol–water partition coefficient (Wildman–Crippen LogP) is 6.91. The van der Waals surface area contributed by atoms with Gasteiger partial charge in [0.2, 0.25) is 0 Å². The summed E-state index contributed by atoms with van der Waals surface area (Å²) < 4.78 is 0. The van der Waals surface area contributed by atoms with Crippen LogP contribution in [0.5, 0.6) is 0 Å². The molecule has 5 aromatic rings. The molecule has 0 saturated heterocycles. The Balaban J connectivity index is 2.06. The zero-order chi connectivity index (χ0) is 18.2. The lowest BCUT2D eigenvalue weighted by atomic mass is 9.85. The summed E-state index contributed by atoms with van der Waals surface area (Å²) in [7, 11) is 0. The zero-order valence-corrected chi connectivity index (χ0v) is 14.9. The van der Waals surface area contributed by atoms with Crippen molar-refractivity contribution in [2.75, 3.05) is 5.73 Å². The van der Waals surface area contributed by atoms with Crippen molar-refractivity contribution in [1.82, 2.24) is 0 Å². The highest BCUT2D eigenvalue weighted by Gasteiger charge is 2.17. The molecule has 0 bridgehead atoms. The highest BCUT2D eigenvalue weighted by molar-refractivity contribution is 6.24. The van der Waals surface area contributed by atoms with Gasteiger partial charge in [-0.15, -0.1) is 0 Å². The molecule has 0 aliphatic rings. The van der Waals surface area contributed by atoms with Crippen molar-refractivity contribution in [2.45, 2.75) is 0 Å². The van der Waals surface area contributed by atoms with Gasteiger partial charge in [-0.2, -0.15) is 0 Å². The molecule has 0 spiro atoms.